The van der Waals surface area contributed by atoms with Gasteiger partial charge in [-0.05, 0) is 75.2 Å². The topological polar surface area (TPSA) is 155 Å². The van der Waals surface area contributed by atoms with E-state index in [4.69, 9.17) is 18.9 Å². The lowest BCUT2D eigenvalue weighted by Gasteiger charge is -2.67. The normalized spacial score (nSPS) is 56.1. The van der Waals surface area contributed by atoms with Crippen molar-refractivity contribution in [2.45, 2.75) is 126 Å². The predicted molar refractivity (Wildman–Crippen MR) is 141 cm³/mol. The Hall–Kier alpha value is -1.11. The van der Waals surface area contributed by atoms with Crippen LogP contribution in [0.1, 0.15) is 72.1 Å². The van der Waals surface area contributed by atoms with E-state index in [2.05, 4.69) is 13.8 Å². The Balaban J connectivity index is 1.22. The average molecular weight is 567 g/mol. The fourth-order valence-electron chi connectivity index (χ4n) is 10.2. The molecule has 0 radical (unpaired) electrons. The highest BCUT2D eigenvalue weighted by atomic mass is 16.7. The smallest absolute Gasteiger partial charge is 0.331 e. The molecule has 0 aromatic heterocycles. The van der Waals surface area contributed by atoms with E-state index in [1.165, 1.54) is 7.11 Å². The number of esters is 1. The third-order valence-corrected chi connectivity index (χ3v) is 12.4. The Morgan fingerprint density at radius 3 is 2.40 bits per heavy atom. The third kappa shape index (κ3) is 3.93. The van der Waals surface area contributed by atoms with Crippen molar-refractivity contribution in [3.8, 4) is 0 Å². The molecule has 0 bridgehead atoms. The van der Waals surface area contributed by atoms with Crippen LogP contribution in [0.15, 0.2) is 11.6 Å². The van der Waals surface area contributed by atoms with Crippen LogP contribution < -0.4 is 0 Å². The molecule has 1 saturated heterocycles. The van der Waals surface area contributed by atoms with Crippen molar-refractivity contribution in [3.63, 3.8) is 0 Å². The summed E-state index contributed by atoms with van der Waals surface area (Å²) in [6.45, 7) is 6.07. The van der Waals surface area contributed by atoms with Crippen molar-refractivity contribution in [2.75, 3.05) is 13.7 Å². The highest BCUT2D eigenvalue weighted by Crippen LogP contribution is 2.70. The molecule has 4 saturated carbocycles. The molecule has 14 atom stereocenters. The van der Waals surface area contributed by atoms with Crippen LogP contribution in [-0.4, -0.2) is 99.3 Å². The maximum Gasteiger partial charge on any atom is 0.331 e. The number of methoxy groups -OCH3 is 1. The molecule has 6 aliphatic rings. The molecule has 0 amide bonds. The van der Waals surface area contributed by atoms with Gasteiger partial charge < -0.3 is 44.5 Å². The minimum absolute atomic E-state index is 0.0314. The second-order valence-electron chi connectivity index (χ2n) is 14.0. The zero-order valence-electron chi connectivity index (χ0n) is 24.0. The number of carbonyl (C=O) groups is 1. The molecule has 0 unspecified atom stereocenters. The van der Waals surface area contributed by atoms with Crippen molar-refractivity contribution in [2.24, 2.45) is 28.6 Å². The molecule has 226 valence electrons. The van der Waals surface area contributed by atoms with E-state index < -0.39 is 58.8 Å². The molecule has 0 aromatic carbocycles. The van der Waals surface area contributed by atoms with Crippen molar-refractivity contribution < 1.29 is 49.3 Å². The Labute approximate surface area is 235 Å². The molecule has 10 heteroatoms. The van der Waals surface area contributed by atoms with E-state index in [1.807, 2.05) is 0 Å². The quantitative estimate of drug-likeness (QED) is 0.248. The summed E-state index contributed by atoms with van der Waals surface area (Å²) in [4.78, 5) is 11.8. The van der Waals surface area contributed by atoms with Crippen LogP contribution in [0.4, 0.5) is 0 Å². The zero-order chi connectivity index (χ0) is 28.8. The van der Waals surface area contributed by atoms with Crippen molar-refractivity contribution in [1.29, 1.82) is 0 Å². The SMILES string of the molecule is CO[C@@H]1[C@@H](O)[C@@H](O[C@H]2CC[C@]3(C)[C@H]4[C@H](O)C[C@]5(C)[C@@H](C6=CC(=O)OC6)CC[C@]5(O)[C@H]4CC[C@]3(O)C2)O[C@H](C)[C@H]1O. The lowest BCUT2D eigenvalue weighted by Crippen LogP contribution is -2.71. The number of ether oxygens (including phenoxy) is 4. The van der Waals surface area contributed by atoms with E-state index >= 15 is 0 Å². The van der Waals surface area contributed by atoms with Crippen LogP contribution >= 0.6 is 0 Å². The first-order valence-electron chi connectivity index (χ1n) is 15.0. The van der Waals surface area contributed by atoms with Gasteiger partial charge >= 0.3 is 5.97 Å². The maximum atomic E-state index is 12.4. The maximum absolute atomic E-state index is 12.4. The Kier molecular flexibility index (Phi) is 7.03. The van der Waals surface area contributed by atoms with Gasteiger partial charge in [-0.1, -0.05) is 13.8 Å². The van der Waals surface area contributed by atoms with Gasteiger partial charge in [-0.15, -0.1) is 0 Å². The molecule has 2 heterocycles. The third-order valence-electron chi connectivity index (χ3n) is 12.4. The van der Waals surface area contributed by atoms with Gasteiger partial charge in [0, 0.05) is 30.4 Å². The number of cyclic esters (lactones) is 1. The number of aliphatic hydroxyl groups is 5. The van der Waals surface area contributed by atoms with Gasteiger partial charge in [0.05, 0.1) is 29.5 Å². The lowest BCUT2D eigenvalue weighted by molar-refractivity contribution is -0.325. The van der Waals surface area contributed by atoms with Gasteiger partial charge in [0.25, 0.3) is 0 Å². The molecule has 10 nitrogen and oxygen atoms in total. The van der Waals surface area contributed by atoms with Crippen LogP contribution in [0.3, 0.4) is 0 Å². The van der Waals surface area contributed by atoms with Gasteiger partial charge in [-0.3, -0.25) is 0 Å². The highest BCUT2D eigenvalue weighted by Gasteiger charge is 2.72. The molecule has 5 fully saturated rings. The molecule has 5 N–H and O–H groups in total. The highest BCUT2D eigenvalue weighted by molar-refractivity contribution is 5.85. The lowest BCUT2D eigenvalue weighted by atomic mass is 9.41. The number of rotatable bonds is 4. The van der Waals surface area contributed by atoms with Gasteiger partial charge in [-0.2, -0.15) is 0 Å². The van der Waals surface area contributed by atoms with Gasteiger partial charge in [0.15, 0.2) is 6.29 Å². The summed E-state index contributed by atoms with van der Waals surface area (Å²) in [6.07, 6.45) is 0.177. The van der Waals surface area contributed by atoms with Crippen molar-refractivity contribution >= 4 is 5.97 Å². The molecular weight excluding hydrogens is 520 g/mol. The largest absolute Gasteiger partial charge is 0.458 e. The zero-order valence-corrected chi connectivity index (χ0v) is 24.0. The summed E-state index contributed by atoms with van der Waals surface area (Å²) in [5.41, 5.74) is -2.46. The minimum atomic E-state index is -1.17. The molecule has 40 heavy (non-hydrogen) atoms. The summed E-state index contributed by atoms with van der Waals surface area (Å²) in [5.74, 6) is -0.840. The van der Waals surface area contributed by atoms with Crippen molar-refractivity contribution in [3.05, 3.63) is 11.6 Å². The molecule has 6 rings (SSSR count). The minimum Gasteiger partial charge on any atom is -0.458 e. The predicted octanol–water partition coefficient (Wildman–Crippen LogP) is 1.20. The van der Waals surface area contributed by atoms with Crippen LogP contribution in [0, 0.1) is 28.6 Å². The average Bonchev–Trinajstić information content (AvgIpc) is 3.43. The monoisotopic (exact) mass is 566 g/mol. The summed E-state index contributed by atoms with van der Waals surface area (Å²) in [5, 5.41) is 57.5. The fraction of sp³-hybridized carbons (Fsp3) is 0.900. The molecule has 4 aliphatic carbocycles. The summed E-state index contributed by atoms with van der Waals surface area (Å²) in [6, 6.07) is 0. The number of hydrogen-bond donors (Lipinski definition) is 5. The Bertz CT molecular complexity index is 1050. The van der Waals surface area contributed by atoms with E-state index in [0.717, 1.165) is 12.0 Å². The summed E-state index contributed by atoms with van der Waals surface area (Å²) in [7, 11) is 1.43. The van der Waals surface area contributed by atoms with Gasteiger partial charge in [-0.25, -0.2) is 4.79 Å². The first-order chi connectivity index (χ1) is 18.8. The standard InChI is InChI=1S/C30H46O10/c1-15-23(33)25(37-4)24(34)26(39-15)40-17-5-8-27(2)22-19(6-9-29(27,35)12-17)30(36)10-7-18(16-11-21(32)38-14-16)28(30,3)13-20(22)31/h11,15,17-20,22-26,31,33-36H,5-10,12-14H2,1-4H3/t15-,17+,18-,19+,20-,22-,23-,24-,25+,26-,27-,28-,29+,30+/m1/s1. The van der Waals surface area contributed by atoms with Gasteiger partial charge in [0.1, 0.15) is 24.9 Å². The van der Waals surface area contributed by atoms with E-state index in [9.17, 15) is 30.3 Å². The van der Waals surface area contributed by atoms with E-state index in [1.54, 1.807) is 13.0 Å². The summed E-state index contributed by atoms with van der Waals surface area (Å²) >= 11 is 0. The number of hydrogen-bond acceptors (Lipinski definition) is 10. The van der Waals surface area contributed by atoms with Crippen LogP contribution in [-0.2, 0) is 23.7 Å². The molecule has 2 aliphatic heterocycles. The Morgan fingerprint density at radius 2 is 1.73 bits per heavy atom. The fourth-order valence-corrected chi connectivity index (χ4v) is 10.2. The number of aliphatic hydroxyl groups excluding tert-OH is 3. The van der Waals surface area contributed by atoms with Gasteiger partial charge in [0.2, 0.25) is 0 Å². The second kappa shape index (κ2) is 9.71. The Morgan fingerprint density at radius 1 is 0.975 bits per heavy atom. The van der Waals surface area contributed by atoms with Crippen LogP contribution in [0.25, 0.3) is 0 Å². The molecular formula is C30H46O10. The van der Waals surface area contributed by atoms with E-state index in [0.29, 0.717) is 44.9 Å². The molecule has 0 aromatic rings. The molecule has 0 spiro atoms. The van der Waals surface area contributed by atoms with E-state index in [-0.39, 0.29) is 36.4 Å². The first kappa shape index (κ1) is 29.0. The van der Waals surface area contributed by atoms with Crippen molar-refractivity contribution in [1.82, 2.24) is 0 Å². The second-order valence-corrected chi connectivity index (χ2v) is 14.0. The summed E-state index contributed by atoms with van der Waals surface area (Å²) < 4.78 is 22.5. The number of fused-ring (bicyclic) bond motifs is 5. The van der Waals surface area contributed by atoms with Crippen LogP contribution in [0.2, 0.25) is 0 Å². The first-order valence-corrected chi connectivity index (χ1v) is 15.0. The van der Waals surface area contributed by atoms with Crippen LogP contribution in [0.5, 0.6) is 0 Å². The number of carbonyl (C=O) groups excluding carboxylic acids is 1.